The zero-order valence-corrected chi connectivity index (χ0v) is 21.7. The van der Waals surface area contributed by atoms with Gasteiger partial charge in [0.15, 0.2) is 0 Å². The van der Waals surface area contributed by atoms with Crippen molar-refractivity contribution in [3.05, 3.63) is 96.6 Å². The number of aryl methyl sites for hydroxylation is 1. The lowest BCUT2D eigenvalue weighted by atomic mass is 10.0. The Balaban J connectivity index is 1.67. The molecule has 0 spiro atoms. The molecular weight excluding hydrogens is 430 g/mol. The van der Waals surface area contributed by atoms with Crippen LogP contribution in [0.25, 0.3) is 0 Å². The minimum atomic E-state index is 0.190. The zero-order chi connectivity index (χ0) is 25.1. The molecule has 0 saturated carbocycles. The lowest BCUT2D eigenvalue weighted by Crippen LogP contribution is -2.35. The molecule has 35 heavy (non-hydrogen) atoms. The van der Waals surface area contributed by atoms with Crippen molar-refractivity contribution in [1.82, 2.24) is 5.32 Å². The predicted octanol–water partition coefficient (Wildman–Crippen LogP) is 8.73. The van der Waals surface area contributed by atoms with Crippen LogP contribution in [0.3, 0.4) is 0 Å². The van der Waals surface area contributed by atoms with E-state index in [0.717, 1.165) is 69.3 Å². The quantitative estimate of drug-likeness (QED) is 0.184. The number of allylic oxidation sites excluding steroid dienone is 5. The van der Waals surface area contributed by atoms with Gasteiger partial charge in [0, 0.05) is 12.5 Å². The van der Waals surface area contributed by atoms with Gasteiger partial charge in [-0.15, -0.1) is 0 Å². The standard InChI is InChI=1S/C32H43NO2/c1-4-7-16-27(6-3)17-11-8-9-14-20-32(34)33-29(15-5-2)24-21-28-22-25-31(26-23-28)35-30-18-12-10-13-19-30/h4,6-7,10,12-13,16,18-19,22-23,25-26,29H,3,5,8-9,11,14-15,17,20-21,24H2,1-2H3,(H,33,34)/b7-4-,27-16+/t29-/m0/s1. The summed E-state index contributed by atoms with van der Waals surface area (Å²) in [5.74, 6) is 1.87. The van der Waals surface area contributed by atoms with Gasteiger partial charge in [-0.2, -0.15) is 0 Å². The number of carbonyl (C=O) groups is 1. The second-order valence-electron chi connectivity index (χ2n) is 9.04. The van der Waals surface area contributed by atoms with Crippen LogP contribution in [0, 0.1) is 0 Å². The first-order valence-electron chi connectivity index (χ1n) is 13.2. The van der Waals surface area contributed by atoms with Gasteiger partial charge in [0.1, 0.15) is 11.5 Å². The van der Waals surface area contributed by atoms with E-state index in [9.17, 15) is 4.79 Å². The summed E-state index contributed by atoms with van der Waals surface area (Å²) in [4.78, 5) is 12.5. The summed E-state index contributed by atoms with van der Waals surface area (Å²) in [6.45, 7) is 8.09. The Morgan fingerprint density at radius 1 is 0.943 bits per heavy atom. The first kappa shape index (κ1) is 28.2. The van der Waals surface area contributed by atoms with Crippen LogP contribution in [-0.2, 0) is 11.2 Å². The maximum absolute atomic E-state index is 12.5. The minimum absolute atomic E-state index is 0.190. The first-order chi connectivity index (χ1) is 17.1. The lowest BCUT2D eigenvalue weighted by Gasteiger charge is -2.18. The predicted molar refractivity (Wildman–Crippen MR) is 149 cm³/mol. The number of ether oxygens (including phenoxy) is 1. The van der Waals surface area contributed by atoms with E-state index in [1.54, 1.807) is 0 Å². The van der Waals surface area contributed by atoms with Crippen molar-refractivity contribution in [3.8, 4) is 11.5 Å². The van der Waals surface area contributed by atoms with Crippen molar-refractivity contribution in [2.24, 2.45) is 0 Å². The zero-order valence-electron chi connectivity index (χ0n) is 21.7. The largest absolute Gasteiger partial charge is 0.457 e. The lowest BCUT2D eigenvalue weighted by molar-refractivity contribution is -0.122. The fourth-order valence-corrected chi connectivity index (χ4v) is 4.07. The molecule has 2 aromatic rings. The fourth-order valence-electron chi connectivity index (χ4n) is 4.07. The molecule has 0 aliphatic carbocycles. The highest BCUT2D eigenvalue weighted by Gasteiger charge is 2.12. The molecule has 0 aromatic heterocycles. The average Bonchev–Trinajstić information content (AvgIpc) is 2.88. The number of amides is 1. The summed E-state index contributed by atoms with van der Waals surface area (Å²) < 4.78 is 5.88. The van der Waals surface area contributed by atoms with Gasteiger partial charge in [-0.05, 0) is 80.9 Å². The van der Waals surface area contributed by atoms with Gasteiger partial charge < -0.3 is 10.1 Å². The van der Waals surface area contributed by atoms with Crippen LogP contribution in [0.2, 0.25) is 0 Å². The Labute approximate surface area is 213 Å². The van der Waals surface area contributed by atoms with Crippen LogP contribution < -0.4 is 10.1 Å². The van der Waals surface area contributed by atoms with Gasteiger partial charge in [0.2, 0.25) is 5.91 Å². The van der Waals surface area contributed by atoms with Crippen LogP contribution in [0.4, 0.5) is 0 Å². The Kier molecular flexibility index (Phi) is 14.0. The average molecular weight is 474 g/mol. The molecule has 1 N–H and O–H groups in total. The smallest absolute Gasteiger partial charge is 0.220 e. The molecule has 1 amide bonds. The normalized spacial score (nSPS) is 12.5. The summed E-state index contributed by atoms with van der Waals surface area (Å²) in [5.41, 5.74) is 2.55. The molecule has 0 heterocycles. The monoisotopic (exact) mass is 473 g/mol. The van der Waals surface area contributed by atoms with Crippen molar-refractivity contribution in [1.29, 1.82) is 0 Å². The molecule has 0 radical (unpaired) electrons. The highest BCUT2D eigenvalue weighted by molar-refractivity contribution is 5.76. The van der Waals surface area contributed by atoms with Gasteiger partial charge in [-0.25, -0.2) is 0 Å². The Morgan fingerprint density at radius 2 is 1.63 bits per heavy atom. The molecule has 0 unspecified atom stereocenters. The maximum atomic E-state index is 12.5. The van der Waals surface area contributed by atoms with Gasteiger partial charge in [-0.3, -0.25) is 4.79 Å². The van der Waals surface area contributed by atoms with Crippen LogP contribution in [-0.4, -0.2) is 11.9 Å². The first-order valence-corrected chi connectivity index (χ1v) is 13.2. The Bertz CT molecular complexity index is 912. The number of unbranched alkanes of at least 4 members (excludes halogenated alkanes) is 3. The molecule has 188 valence electrons. The molecule has 3 nitrogen and oxygen atoms in total. The minimum Gasteiger partial charge on any atom is -0.457 e. The van der Waals surface area contributed by atoms with Gasteiger partial charge in [0.25, 0.3) is 0 Å². The van der Waals surface area contributed by atoms with Crippen molar-refractivity contribution in [2.75, 3.05) is 0 Å². The van der Waals surface area contributed by atoms with Crippen LogP contribution >= 0.6 is 0 Å². The van der Waals surface area contributed by atoms with Gasteiger partial charge in [0.05, 0.1) is 0 Å². The summed E-state index contributed by atoms with van der Waals surface area (Å²) in [7, 11) is 0. The van der Waals surface area contributed by atoms with Crippen LogP contribution in [0.15, 0.2) is 91.1 Å². The number of hydrogen-bond acceptors (Lipinski definition) is 2. The van der Waals surface area contributed by atoms with E-state index in [1.165, 1.54) is 11.1 Å². The van der Waals surface area contributed by atoms with E-state index in [1.807, 2.05) is 61.5 Å². The SMILES string of the molecule is C=C/C(=C\C=C/C)CCCCCCC(=O)N[C@@H](CCC)CCc1ccc(Oc2ccccc2)cc1. The molecule has 1 atom stereocenters. The van der Waals surface area contributed by atoms with Gasteiger partial charge >= 0.3 is 0 Å². The van der Waals surface area contributed by atoms with Crippen molar-refractivity contribution in [3.63, 3.8) is 0 Å². The van der Waals surface area contributed by atoms with E-state index in [-0.39, 0.29) is 11.9 Å². The third-order valence-electron chi connectivity index (χ3n) is 6.07. The number of nitrogens with one attached hydrogen (secondary N) is 1. The second kappa shape index (κ2) is 17.4. The molecule has 0 aliphatic rings. The number of benzene rings is 2. The summed E-state index contributed by atoms with van der Waals surface area (Å²) in [6, 6.07) is 18.3. The van der Waals surface area contributed by atoms with Crippen molar-refractivity contribution in [2.45, 2.75) is 84.1 Å². The maximum Gasteiger partial charge on any atom is 0.220 e. The Morgan fingerprint density at radius 3 is 2.29 bits per heavy atom. The van der Waals surface area contributed by atoms with Crippen LogP contribution in [0.1, 0.15) is 77.2 Å². The molecule has 0 fully saturated rings. The number of hydrogen-bond donors (Lipinski definition) is 1. The van der Waals surface area contributed by atoms with E-state index < -0.39 is 0 Å². The molecule has 2 rings (SSSR count). The molecule has 2 aromatic carbocycles. The third kappa shape index (κ3) is 12.3. The molecule has 0 bridgehead atoms. The van der Waals surface area contributed by atoms with Gasteiger partial charge in [-0.1, -0.05) is 87.4 Å². The van der Waals surface area contributed by atoms with Crippen LogP contribution in [0.5, 0.6) is 11.5 Å². The topological polar surface area (TPSA) is 38.3 Å². The highest BCUT2D eigenvalue weighted by atomic mass is 16.5. The third-order valence-corrected chi connectivity index (χ3v) is 6.07. The van der Waals surface area contributed by atoms with E-state index in [4.69, 9.17) is 4.74 Å². The van der Waals surface area contributed by atoms with E-state index >= 15 is 0 Å². The number of para-hydroxylation sites is 1. The summed E-state index contributed by atoms with van der Waals surface area (Å²) >= 11 is 0. The summed E-state index contributed by atoms with van der Waals surface area (Å²) in [5, 5.41) is 3.28. The second-order valence-corrected chi connectivity index (χ2v) is 9.04. The molecular formula is C32H43NO2. The summed E-state index contributed by atoms with van der Waals surface area (Å²) in [6.07, 6.45) is 18.2. The van der Waals surface area contributed by atoms with Crippen molar-refractivity contribution < 1.29 is 9.53 Å². The van der Waals surface area contributed by atoms with Crippen molar-refractivity contribution >= 4 is 5.91 Å². The van der Waals surface area contributed by atoms with E-state index in [2.05, 4.69) is 43.1 Å². The molecule has 0 saturated heterocycles. The number of rotatable bonds is 17. The highest BCUT2D eigenvalue weighted by Crippen LogP contribution is 2.22. The number of carbonyl (C=O) groups excluding carboxylic acids is 1. The van der Waals surface area contributed by atoms with E-state index in [0.29, 0.717) is 6.42 Å². The fraction of sp³-hybridized carbons (Fsp3) is 0.406. The molecule has 3 heteroatoms. The Hall–Kier alpha value is -3.07. The molecule has 0 aliphatic heterocycles.